The fourth-order valence-electron chi connectivity index (χ4n) is 2.87. The van der Waals surface area contributed by atoms with E-state index in [-0.39, 0.29) is 11.5 Å². The van der Waals surface area contributed by atoms with Crippen molar-refractivity contribution in [2.45, 2.75) is 31.7 Å². The Hall–Kier alpha value is -0.960. The van der Waals surface area contributed by atoms with Gasteiger partial charge in [-0.3, -0.25) is 4.68 Å². The number of hydrogen-bond donors (Lipinski definition) is 2. The van der Waals surface area contributed by atoms with Crippen molar-refractivity contribution >= 4 is 10.0 Å². The van der Waals surface area contributed by atoms with E-state index in [1.165, 1.54) is 4.68 Å². The highest BCUT2D eigenvalue weighted by Gasteiger charge is 2.27. The molecule has 1 atom stereocenters. The van der Waals surface area contributed by atoms with Gasteiger partial charge < -0.3 is 10.0 Å². The molecule has 0 spiro atoms. The molecule has 0 bridgehead atoms. The molecule has 0 aromatic carbocycles. The molecule has 0 amide bonds. The monoisotopic (exact) mass is 316 g/mol. The number of sulfonamides is 1. The molecule has 1 aromatic rings. The maximum absolute atomic E-state index is 12.5. The van der Waals surface area contributed by atoms with Gasteiger partial charge in [-0.2, -0.15) is 5.10 Å². The fourth-order valence-corrected chi connectivity index (χ4v) is 4.40. The van der Waals surface area contributed by atoms with Gasteiger partial charge in [0.2, 0.25) is 10.0 Å². The van der Waals surface area contributed by atoms with Gasteiger partial charge in [-0.1, -0.05) is 0 Å². The van der Waals surface area contributed by atoms with Gasteiger partial charge in [-0.05, 0) is 39.8 Å². The highest BCUT2D eigenvalue weighted by molar-refractivity contribution is 7.89. The number of aliphatic hydroxyl groups is 1. The summed E-state index contributed by atoms with van der Waals surface area (Å²) in [5, 5.41) is 13.2. The average molecular weight is 316 g/mol. The highest BCUT2D eigenvalue weighted by Crippen LogP contribution is 2.20. The number of hydrogen-bond acceptors (Lipinski definition) is 5. The summed E-state index contributed by atoms with van der Waals surface area (Å²) >= 11 is 0. The Morgan fingerprint density at radius 3 is 2.71 bits per heavy atom. The minimum Gasteiger partial charge on any atom is -0.394 e. The first kappa shape index (κ1) is 16.4. The van der Waals surface area contributed by atoms with E-state index in [9.17, 15) is 8.42 Å². The van der Waals surface area contributed by atoms with Gasteiger partial charge in [0.25, 0.3) is 0 Å². The smallest absolute Gasteiger partial charge is 0.244 e. The fraction of sp³-hybridized carbons (Fsp3) is 0.769. The largest absolute Gasteiger partial charge is 0.394 e. The topological polar surface area (TPSA) is 87.5 Å². The molecular formula is C13H24N4O3S. The van der Waals surface area contributed by atoms with E-state index in [1.54, 1.807) is 13.8 Å². The van der Waals surface area contributed by atoms with Gasteiger partial charge in [0.1, 0.15) is 4.90 Å². The SMILES string of the molecule is Cc1nn(CCO)c(C)c1S(=O)(=O)NCC1CCN(C)C1. The zero-order valence-corrected chi connectivity index (χ0v) is 13.7. The van der Waals surface area contributed by atoms with Crippen LogP contribution in [0.1, 0.15) is 17.8 Å². The Balaban J connectivity index is 2.12. The number of aryl methyl sites for hydroxylation is 1. The van der Waals surface area contributed by atoms with Crippen LogP contribution in [0.4, 0.5) is 0 Å². The van der Waals surface area contributed by atoms with Crippen molar-refractivity contribution in [2.75, 3.05) is 33.3 Å². The molecule has 1 aromatic heterocycles. The summed E-state index contributed by atoms with van der Waals surface area (Å²) < 4.78 is 29.2. The molecule has 1 saturated heterocycles. The molecule has 1 fully saturated rings. The zero-order chi connectivity index (χ0) is 15.6. The van der Waals surface area contributed by atoms with Gasteiger partial charge in [0, 0.05) is 13.1 Å². The molecule has 2 N–H and O–H groups in total. The number of likely N-dealkylation sites (tertiary alicyclic amines) is 1. The second-order valence-electron chi connectivity index (χ2n) is 5.72. The molecule has 21 heavy (non-hydrogen) atoms. The molecule has 7 nitrogen and oxygen atoms in total. The molecule has 120 valence electrons. The van der Waals surface area contributed by atoms with Crippen LogP contribution in [-0.2, 0) is 16.6 Å². The Kier molecular flexibility index (Phi) is 5.03. The molecule has 2 rings (SSSR count). The molecule has 1 aliphatic heterocycles. The van der Waals surface area contributed by atoms with Crippen LogP contribution in [0.25, 0.3) is 0 Å². The minimum atomic E-state index is -3.56. The molecule has 2 heterocycles. The van der Waals surface area contributed by atoms with Crippen molar-refractivity contribution in [3.8, 4) is 0 Å². The third-order valence-electron chi connectivity index (χ3n) is 3.95. The van der Waals surface area contributed by atoms with Crippen molar-refractivity contribution in [3.05, 3.63) is 11.4 Å². The molecule has 0 radical (unpaired) electrons. The first-order chi connectivity index (χ1) is 9.85. The van der Waals surface area contributed by atoms with Gasteiger partial charge in [-0.15, -0.1) is 0 Å². The lowest BCUT2D eigenvalue weighted by atomic mass is 10.1. The number of rotatable bonds is 6. The summed E-state index contributed by atoms with van der Waals surface area (Å²) in [4.78, 5) is 2.44. The highest BCUT2D eigenvalue weighted by atomic mass is 32.2. The maximum Gasteiger partial charge on any atom is 0.244 e. The van der Waals surface area contributed by atoms with E-state index in [0.717, 1.165) is 19.5 Å². The normalized spacial score (nSPS) is 20.3. The van der Waals surface area contributed by atoms with Crippen LogP contribution in [-0.4, -0.2) is 61.5 Å². The summed E-state index contributed by atoms with van der Waals surface area (Å²) in [7, 11) is -1.51. The summed E-state index contributed by atoms with van der Waals surface area (Å²) in [6.07, 6.45) is 1.01. The van der Waals surface area contributed by atoms with Crippen LogP contribution < -0.4 is 4.72 Å². The summed E-state index contributed by atoms with van der Waals surface area (Å²) in [5.74, 6) is 0.359. The van der Waals surface area contributed by atoms with Crippen LogP contribution in [0.3, 0.4) is 0 Å². The van der Waals surface area contributed by atoms with E-state index < -0.39 is 10.0 Å². The van der Waals surface area contributed by atoms with Gasteiger partial charge >= 0.3 is 0 Å². The number of nitrogens with zero attached hydrogens (tertiary/aromatic N) is 3. The standard InChI is InChI=1S/C13H24N4O3S/c1-10-13(11(2)17(15-10)6-7-18)21(19,20)14-8-12-4-5-16(3)9-12/h12,14,18H,4-9H2,1-3H3. The Morgan fingerprint density at radius 2 is 2.14 bits per heavy atom. The first-order valence-electron chi connectivity index (χ1n) is 7.18. The van der Waals surface area contributed by atoms with Crippen molar-refractivity contribution in [2.24, 2.45) is 5.92 Å². The number of nitrogens with one attached hydrogen (secondary N) is 1. The Labute approximate surface area is 126 Å². The minimum absolute atomic E-state index is 0.0662. The molecule has 0 saturated carbocycles. The molecule has 1 unspecified atom stereocenters. The summed E-state index contributed by atoms with van der Waals surface area (Å²) in [6.45, 7) is 6.02. The quantitative estimate of drug-likeness (QED) is 0.754. The predicted octanol–water partition coefficient (Wildman–Crippen LogP) is -0.278. The zero-order valence-electron chi connectivity index (χ0n) is 12.8. The van der Waals surface area contributed by atoms with Gasteiger partial charge in [0.15, 0.2) is 0 Å². The van der Waals surface area contributed by atoms with Crippen LogP contribution in [0, 0.1) is 19.8 Å². The number of aliphatic hydroxyl groups excluding tert-OH is 1. The predicted molar refractivity (Wildman–Crippen MR) is 79.6 cm³/mol. The lowest BCUT2D eigenvalue weighted by Gasteiger charge is -2.12. The van der Waals surface area contributed by atoms with Crippen LogP contribution in [0.5, 0.6) is 0 Å². The van der Waals surface area contributed by atoms with E-state index in [0.29, 0.717) is 30.4 Å². The van der Waals surface area contributed by atoms with Crippen molar-refractivity contribution in [1.29, 1.82) is 0 Å². The first-order valence-corrected chi connectivity index (χ1v) is 8.66. The summed E-state index contributed by atoms with van der Waals surface area (Å²) in [6, 6.07) is 0. The summed E-state index contributed by atoms with van der Waals surface area (Å²) in [5.41, 5.74) is 1.04. The van der Waals surface area contributed by atoms with E-state index in [1.807, 2.05) is 7.05 Å². The second-order valence-corrected chi connectivity index (χ2v) is 7.42. The van der Waals surface area contributed by atoms with Crippen molar-refractivity contribution in [1.82, 2.24) is 19.4 Å². The third kappa shape index (κ3) is 3.63. The van der Waals surface area contributed by atoms with Crippen LogP contribution in [0.2, 0.25) is 0 Å². The maximum atomic E-state index is 12.5. The Morgan fingerprint density at radius 1 is 1.43 bits per heavy atom. The second kappa shape index (κ2) is 6.43. The van der Waals surface area contributed by atoms with E-state index in [4.69, 9.17) is 5.11 Å². The van der Waals surface area contributed by atoms with Gasteiger partial charge in [-0.25, -0.2) is 13.1 Å². The lowest BCUT2D eigenvalue weighted by Crippen LogP contribution is -2.31. The number of aromatic nitrogens is 2. The van der Waals surface area contributed by atoms with Gasteiger partial charge in [0.05, 0.1) is 24.5 Å². The van der Waals surface area contributed by atoms with Crippen molar-refractivity contribution < 1.29 is 13.5 Å². The third-order valence-corrected chi connectivity index (χ3v) is 5.62. The van der Waals surface area contributed by atoms with Crippen LogP contribution in [0.15, 0.2) is 4.90 Å². The lowest BCUT2D eigenvalue weighted by molar-refractivity contribution is 0.267. The van der Waals surface area contributed by atoms with E-state index in [2.05, 4.69) is 14.7 Å². The molecule has 8 heteroatoms. The van der Waals surface area contributed by atoms with Crippen LogP contribution >= 0.6 is 0 Å². The average Bonchev–Trinajstić information content (AvgIpc) is 2.93. The molecule has 0 aliphatic carbocycles. The molecular weight excluding hydrogens is 292 g/mol. The molecule has 1 aliphatic rings. The van der Waals surface area contributed by atoms with E-state index >= 15 is 0 Å². The Bertz CT molecular complexity index is 597. The van der Waals surface area contributed by atoms with Crippen molar-refractivity contribution in [3.63, 3.8) is 0 Å².